The number of carboxylic acids is 1. The summed E-state index contributed by atoms with van der Waals surface area (Å²) in [5.41, 5.74) is 7.22. The highest BCUT2D eigenvalue weighted by molar-refractivity contribution is 5.67. The molecule has 3 N–H and O–H groups in total. The predicted octanol–water partition coefficient (Wildman–Crippen LogP) is 1.15. The second-order valence-corrected chi connectivity index (χ2v) is 3.58. The fourth-order valence-electron chi connectivity index (χ4n) is 1.50. The third-order valence-electron chi connectivity index (χ3n) is 2.40. The first-order valence-corrected chi connectivity index (χ1v) is 4.64. The Hall–Kier alpha value is -1.52. The van der Waals surface area contributed by atoms with E-state index in [-0.39, 0.29) is 12.3 Å². The number of aliphatic carboxylic acids is 1. The standard InChI is InChI=1S/C9H12N2O3/c10-9-6(3-4-7(12)13)8(11-14-9)5-1-2-5/h5H,1-4,10H2,(H,12,13). The Morgan fingerprint density at radius 3 is 2.93 bits per heavy atom. The highest BCUT2D eigenvalue weighted by atomic mass is 16.5. The summed E-state index contributed by atoms with van der Waals surface area (Å²) >= 11 is 0. The summed E-state index contributed by atoms with van der Waals surface area (Å²) in [5.74, 6) is -0.111. The fraction of sp³-hybridized carbons (Fsp3) is 0.556. The molecule has 1 heterocycles. The van der Waals surface area contributed by atoms with Crippen LogP contribution in [0.25, 0.3) is 0 Å². The Morgan fingerprint density at radius 1 is 1.64 bits per heavy atom. The van der Waals surface area contributed by atoms with Gasteiger partial charge < -0.3 is 15.4 Å². The normalized spacial score (nSPS) is 15.7. The van der Waals surface area contributed by atoms with E-state index in [0.717, 1.165) is 24.1 Å². The monoisotopic (exact) mass is 196 g/mol. The van der Waals surface area contributed by atoms with Crippen molar-refractivity contribution in [2.45, 2.75) is 31.6 Å². The SMILES string of the molecule is Nc1onc(C2CC2)c1CCC(=O)O. The van der Waals surface area contributed by atoms with Gasteiger partial charge in [-0.15, -0.1) is 0 Å². The Kier molecular flexibility index (Phi) is 2.15. The molecule has 0 spiro atoms. The van der Waals surface area contributed by atoms with Crippen molar-refractivity contribution < 1.29 is 14.4 Å². The zero-order valence-electron chi connectivity index (χ0n) is 7.69. The van der Waals surface area contributed by atoms with Gasteiger partial charge in [-0.05, 0) is 19.3 Å². The van der Waals surface area contributed by atoms with Crippen LogP contribution < -0.4 is 5.73 Å². The van der Waals surface area contributed by atoms with Crippen LogP contribution in [0.5, 0.6) is 0 Å². The molecular weight excluding hydrogens is 184 g/mol. The van der Waals surface area contributed by atoms with Gasteiger partial charge in [0.2, 0.25) is 5.88 Å². The lowest BCUT2D eigenvalue weighted by Crippen LogP contribution is -2.00. The zero-order valence-corrected chi connectivity index (χ0v) is 7.69. The maximum Gasteiger partial charge on any atom is 0.303 e. The van der Waals surface area contributed by atoms with Crippen molar-refractivity contribution in [3.8, 4) is 0 Å². The molecular formula is C9H12N2O3. The van der Waals surface area contributed by atoms with Crippen LogP contribution in [0.1, 0.15) is 36.4 Å². The molecule has 0 atom stereocenters. The molecule has 0 bridgehead atoms. The highest BCUT2D eigenvalue weighted by Gasteiger charge is 2.30. The molecule has 0 radical (unpaired) electrons. The molecule has 5 nitrogen and oxygen atoms in total. The zero-order chi connectivity index (χ0) is 10.1. The number of hydrogen-bond acceptors (Lipinski definition) is 4. The molecule has 0 aliphatic heterocycles. The molecule has 0 saturated heterocycles. The van der Waals surface area contributed by atoms with Gasteiger partial charge in [-0.3, -0.25) is 4.79 Å². The van der Waals surface area contributed by atoms with Crippen LogP contribution in [0.4, 0.5) is 5.88 Å². The molecule has 76 valence electrons. The second kappa shape index (κ2) is 3.32. The Bertz CT molecular complexity index is 355. The molecule has 1 aromatic heterocycles. The van der Waals surface area contributed by atoms with Gasteiger partial charge in [0, 0.05) is 17.9 Å². The number of carbonyl (C=O) groups is 1. The molecule has 1 aliphatic carbocycles. The quantitative estimate of drug-likeness (QED) is 0.753. The first-order valence-electron chi connectivity index (χ1n) is 4.64. The number of nitrogens with two attached hydrogens (primary N) is 1. The largest absolute Gasteiger partial charge is 0.481 e. The van der Waals surface area contributed by atoms with Crippen LogP contribution in [-0.2, 0) is 11.2 Å². The van der Waals surface area contributed by atoms with Gasteiger partial charge >= 0.3 is 5.97 Å². The van der Waals surface area contributed by atoms with Gasteiger partial charge in [-0.1, -0.05) is 5.16 Å². The van der Waals surface area contributed by atoms with E-state index in [1.54, 1.807) is 0 Å². The van der Waals surface area contributed by atoms with Crippen LogP contribution in [0.3, 0.4) is 0 Å². The summed E-state index contributed by atoms with van der Waals surface area (Å²) in [6.45, 7) is 0. The number of nitrogen functional groups attached to an aromatic ring is 1. The van der Waals surface area contributed by atoms with E-state index < -0.39 is 5.97 Å². The van der Waals surface area contributed by atoms with E-state index in [9.17, 15) is 4.79 Å². The van der Waals surface area contributed by atoms with Crippen LogP contribution in [0.2, 0.25) is 0 Å². The lowest BCUT2D eigenvalue weighted by molar-refractivity contribution is -0.136. The van der Waals surface area contributed by atoms with Crippen molar-refractivity contribution in [1.82, 2.24) is 5.16 Å². The van der Waals surface area contributed by atoms with Gasteiger partial charge in [0.15, 0.2) is 0 Å². The lowest BCUT2D eigenvalue weighted by Gasteiger charge is -1.97. The molecule has 1 aromatic rings. The van der Waals surface area contributed by atoms with Crippen molar-refractivity contribution in [3.63, 3.8) is 0 Å². The minimum atomic E-state index is -0.827. The van der Waals surface area contributed by atoms with Gasteiger partial charge in [0.1, 0.15) is 0 Å². The van der Waals surface area contributed by atoms with E-state index in [0.29, 0.717) is 12.3 Å². The third-order valence-corrected chi connectivity index (χ3v) is 2.40. The van der Waals surface area contributed by atoms with Crippen LogP contribution >= 0.6 is 0 Å². The van der Waals surface area contributed by atoms with Crippen molar-refractivity contribution in [3.05, 3.63) is 11.3 Å². The summed E-state index contributed by atoms with van der Waals surface area (Å²) in [6.07, 6.45) is 2.69. The maximum absolute atomic E-state index is 10.4. The Morgan fingerprint density at radius 2 is 2.36 bits per heavy atom. The number of rotatable bonds is 4. The number of nitrogens with zero attached hydrogens (tertiary/aromatic N) is 1. The molecule has 0 aromatic carbocycles. The molecule has 5 heteroatoms. The van der Waals surface area contributed by atoms with Gasteiger partial charge in [-0.25, -0.2) is 0 Å². The Labute approximate surface area is 80.9 Å². The first-order chi connectivity index (χ1) is 6.68. The highest BCUT2D eigenvalue weighted by Crippen LogP contribution is 2.42. The smallest absolute Gasteiger partial charge is 0.303 e. The number of hydrogen-bond donors (Lipinski definition) is 2. The summed E-state index contributed by atoms with van der Waals surface area (Å²) in [7, 11) is 0. The van der Waals surface area contributed by atoms with Crippen molar-refractivity contribution >= 4 is 11.9 Å². The van der Waals surface area contributed by atoms with Gasteiger partial charge in [0.25, 0.3) is 0 Å². The number of anilines is 1. The van der Waals surface area contributed by atoms with E-state index in [1.165, 1.54) is 0 Å². The average Bonchev–Trinajstić information content (AvgIpc) is 2.88. The topological polar surface area (TPSA) is 89.4 Å². The van der Waals surface area contributed by atoms with Gasteiger partial charge in [0.05, 0.1) is 5.69 Å². The van der Waals surface area contributed by atoms with Crippen molar-refractivity contribution in [1.29, 1.82) is 0 Å². The summed E-state index contributed by atoms with van der Waals surface area (Å²) < 4.78 is 4.86. The number of aromatic nitrogens is 1. The van der Waals surface area contributed by atoms with Crippen LogP contribution in [0.15, 0.2) is 4.52 Å². The third kappa shape index (κ3) is 1.71. The molecule has 1 fully saturated rings. The lowest BCUT2D eigenvalue weighted by atomic mass is 10.1. The predicted molar refractivity (Wildman–Crippen MR) is 48.8 cm³/mol. The van der Waals surface area contributed by atoms with E-state index >= 15 is 0 Å². The van der Waals surface area contributed by atoms with E-state index in [1.807, 2.05) is 0 Å². The van der Waals surface area contributed by atoms with Crippen LogP contribution in [-0.4, -0.2) is 16.2 Å². The molecule has 1 aliphatic rings. The maximum atomic E-state index is 10.4. The second-order valence-electron chi connectivity index (χ2n) is 3.58. The number of carboxylic acid groups (broad SMARTS) is 1. The minimum Gasteiger partial charge on any atom is -0.481 e. The summed E-state index contributed by atoms with van der Waals surface area (Å²) in [5, 5.41) is 12.4. The van der Waals surface area contributed by atoms with Crippen LogP contribution in [0, 0.1) is 0 Å². The molecule has 0 amide bonds. The molecule has 0 unspecified atom stereocenters. The van der Waals surface area contributed by atoms with Gasteiger partial charge in [-0.2, -0.15) is 0 Å². The fourth-order valence-corrected chi connectivity index (χ4v) is 1.50. The van der Waals surface area contributed by atoms with E-state index in [4.69, 9.17) is 15.4 Å². The van der Waals surface area contributed by atoms with Crippen molar-refractivity contribution in [2.24, 2.45) is 0 Å². The first kappa shape index (κ1) is 9.05. The average molecular weight is 196 g/mol. The molecule has 2 rings (SSSR count). The molecule has 14 heavy (non-hydrogen) atoms. The summed E-state index contributed by atoms with van der Waals surface area (Å²) in [6, 6.07) is 0. The minimum absolute atomic E-state index is 0.0745. The Balaban J connectivity index is 2.13. The molecule has 1 saturated carbocycles. The van der Waals surface area contributed by atoms with Crippen molar-refractivity contribution in [2.75, 3.05) is 5.73 Å². The summed E-state index contributed by atoms with van der Waals surface area (Å²) in [4.78, 5) is 10.4. The van der Waals surface area contributed by atoms with E-state index in [2.05, 4.69) is 5.16 Å².